The SMILES string of the molecule is CCc1ccc2c(Cl)c(C(=O)NCCN3CCOCC3)sc2c1. The summed E-state index contributed by atoms with van der Waals surface area (Å²) in [6.07, 6.45) is 0.979. The van der Waals surface area contributed by atoms with Gasteiger partial charge in [-0.15, -0.1) is 11.3 Å². The topological polar surface area (TPSA) is 41.6 Å². The highest BCUT2D eigenvalue weighted by atomic mass is 35.5. The Kier molecular flexibility index (Phi) is 5.54. The highest BCUT2D eigenvalue weighted by Crippen LogP contribution is 2.35. The van der Waals surface area contributed by atoms with Gasteiger partial charge >= 0.3 is 0 Å². The van der Waals surface area contributed by atoms with Crippen LogP contribution >= 0.6 is 22.9 Å². The number of hydrogen-bond acceptors (Lipinski definition) is 4. The molecule has 1 aliphatic heterocycles. The highest BCUT2D eigenvalue weighted by molar-refractivity contribution is 7.21. The Morgan fingerprint density at radius 1 is 1.39 bits per heavy atom. The van der Waals surface area contributed by atoms with Gasteiger partial charge in [-0.25, -0.2) is 0 Å². The number of amides is 1. The van der Waals surface area contributed by atoms with Crippen LogP contribution in [-0.4, -0.2) is 50.2 Å². The average molecular weight is 353 g/mol. The molecule has 1 saturated heterocycles. The van der Waals surface area contributed by atoms with Crippen molar-refractivity contribution in [2.75, 3.05) is 39.4 Å². The van der Waals surface area contributed by atoms with Crippen molar-refractivity contribution in [1.82, 2.24) is 10.2 Å². The van der Waals surface area contributed by atoms with E-state index in [1.807, 2.05) is 6.07 Å². The summed E-state index contributed by atoms with van der Waals surface area (Å²) >= 11 is 7.87. The lowest BCUT2D eigenvalue weighted by Gasteiger charge is -2.26. The van der Waals surface area contributed by atoms with Gasteiger partial charge in [0.15, 0.2) is 0 Å². The molecule has 6 heteroatoms. The summed E-state index contributed by atoms with van der Waals surface area (Å²) in [6.45, 7) is 7.00. The lowest BCUT2D eigenvalue weighted by molar-refractivity contribution is 0.0383. The molecule has 0 radical (unpaired) electrons. The van der Waals surface area contributed by atoms with E-state index in [0.29, 0.717) is 16.4 Å². The molecular formula is C17H21ClN2O2S. The molecule has 1 aromatic carbocycles. The van der Waals surface area contributed by atoms with E-state index in [1.54, 1.807) is 0 Å². The summed E-state index contributed by atoms with van der Waals surface area (Å²) in [5.41, 5.74) is 1.26. The molecular weight excluding hydrogens is 332 g/mol. The Morgan fingerprint density at radius 3 is 2.91 bits per heavy atom. The fourth-order valence-electron chi connectivity index (χ4n) is 2.71. The first-order valence-corrected chi connectivity index (χ1v) is 9.17. The van der Waals surface area contributed by atoms with Crippen LogP contribution in [0.15, 0.2) is 18.2 Å². The number of rotatable bonds is 5. The van der Waals surface area contributed by atoms with Gasteiger partial charge < -0.3 is 10.1 Å². The molecule has 1 N–H and O–H groups in total. The second-order valence-electron chi connectivity index (χ2n) is 5.64. The van der Waals surface area contributed by atoms with E-state index < -0.39 is 0 Å². The zero-order valence-corrected chi connectivity index (χ0v) is 14.8. The van der Waals surface area contributed by atoms with Gasteiger partial charge in [0.2, 0.25) is 0 Å². The third-order valence-electron chi connectivity index (χ3n) is 4.13. The zero-order chi connectivity index (χ0) is 16.2. The Hall–Kier alpha value is -1.14. The van der Waals surface area contributed by atoms with Crippen LogP contribution in [0, 0.1) is 0 Å². The van der Waals surface area contributed by atoms with Crippen molar-refractivity contribution in [3.05, 3.63) is 33.7 Å². The number of hydrogen-bond donors (Lipinski definition) is 1. The number of thiophene rings is 1. The van der Waals surface area contributed by atoms with E-state index in [0.717, 1.165) is 49.4 Å². The molecule has 3 rings (SSSR count). The monoisotopic (exact) mass is 352 g/mol. The lowest BCUT2D eigenvalue weighted by atomic mass is 10.1. The molecule has 2 aromatic rings. The minimum Gasteiger partial charge on any atom is -0.379 e. The predicted octanol–water partition coefficient (Wildman–Crippen LogP) is 3.18. The number of ether oxygens (including phenoxy) is 1. The number of morpholine rings is 1. The Balaban J connectivity index is 1.64. The Bertz CT molecular complexity index is 695. The second kappa shape index (κ2) is 7.62. The summed E-state index contributed by atoms with van der Waals surface area (Å²) in [4.78, 5) is 15.3. The molecule has 0 atom stereocenters. The summed E-state index contributed by atoms with van der Waals surface area (Å²) in [6, 6.07) is 6.20. The summed E-state index contributed by atoms with van der Waals surface area (Å²) < 4.78 is 6.40. The first-order valence-electron chi connectivity index (χ1n) is 7.98. The van der Waals surface area contributed by atoms with Crippen LogP contribution in [0.25, 0.3) is 10.1 Å². The van der Waals surface area contributed by atoms with Crippen LogP contribution in [0.2, 0.25) is 5.02 Å². The number of nitrogens with one attached hydrogen (secondary N) is 1. The highest BCUT2D eigenvalue weighted by Gasteiger charge is 2.17. The number of carbonyl (C=O) groups excluding carboxylic acids is 1. The van der Waals surface area contributed by atoms with E-state index in [9.17, 15) is 4.79 Å². The fourth-order valence-corrected chi connectivity index (χ4v) is 4.21. The molecule has 2 heterocycles. The minimum absolute atomic E-state index is 0.0810. The van der Waals surface area contributed by atoms with Gasteiger partial charge in [0.05, 0.1) is 18.2 Å². The van der Waals surface area contributed by atoms with E-state index in [-0.39, 0.29) is 5.91 Å². The molecule has 1 fully saturated rings. The summed E-state index contributed by atoms with van der Waals surface area (Å²) in [5, 5.41) is 4.51. The molecule has 23 heavy (non-hydrogen) atoms. The fraction of sp³-hybridized carbons (Fsp3) is 0.471. The van der Waals surface area contributed by atoms with E-state index in [2.05, 4.69) is 29.3 Å². The number of carbonyl (C=O) groups is 1. The third-order valence-corrected chi connectivity index (χ3v) is 5.78. The second-order valence-corrected chi connectivity index (χ2v) is 7.07. The van der Waals surface area contributed by atoms with Gasteiger partial charge in [-0.1, -0.05) is 30.7 Å². The first-order chi connectivity index (χ1) is 11.2. The lowest BCUT2D eigenvalue weighted by Crippen LogP contribution is -2.41. The summed E-state index contributed by atoms with van der Waals surface area (Å²) in [5.74, 6) is -0.0810. The van der Waals surface area contributed by atoms with Crippen molar-refractivity contribution >= 4 is 38.9 Å². The minimum atomic E-state index is -0.0810. The molecule has 4 nitrogen and oxygen atoms in total. The number of nitrogens with zero attached hydrogens (tertiary/aromatic N) is 1. The maximum absolute atomic E-state index is 12.4. The quantitative estimate of drug-likeness (QED) is 0.898. The molecule has 1 aromatic heterocycles. The van der Waals surface area contributed by atoms with Crippen LogP contribution in [-0.2, 0) is 11.2 Å². The van der Waals surface area contributed by atoms with Gasteiger partial charge in [0.25, 0.3) is 5.91 Å². The Labute approximate surface area is 145 Å². The van der Waals surface area contributed by atoms with Crippen molar-refractivity contribution in [3.8, 4) is 0 Å². The standard InChI is InChI=1S/C17H21ClN2O2S/c1-2-12-3-4-13-14(11-12)23-16(15(13)18)17(21)19-5-6-20-7-9-22-10-8-20/h3-4,11H,2,5-10H2,1H3,(H,19,21). The van der Waals surface area contributed by atoms with Gasteiger partial charge in [0, 0.05) is 36.3 Å². The number of fused-ring (bicyclic) bond motifs is 1. The van der Waals surface area contributed by atoms with Gasteiger partial charge in [-0.2, -0.15) is 0 Å². The molecule has 0 saturated carbocycles. The molecule has 1 aliphatic rings. The molecule has 0 spiro atoms. The van der Waals surface area contributed by atoms with E-state index in [4.69, 9.17) is 16.3 Å². The van der Waals surface area contributed by atoms with Crippen LogP contribution in [0.1, 0.15) is 22.2 Å². The van der Waals surface area contributed by atoms with Crippen LogP contribution in [0.3, 0.4) is 0 Å². The predicted molar refractivity (Wildman–Crippen MR) is 95.8 cm³/mol. The largest absolute Gasteiger partial charge is 0.379 e. The van der Waals surface area contributed by atoms with Crippen molar-refractivity contribution < 1.29 is 9.53 Å². The first kappa shape index (κ1) is 16.7. The number of halogens is 1. The Morgan fingerprint density at radius 2 is 2.17 bits per heavy atom. The van der Waals surface area contributed by atoms with Crippen LogP contribution < -0.4 is 5.32 Å². The maximum Gasteiger partial charge on any atom is 0.262 e. The average Bonchev–Trinajstić information content (AvgIpc) is 2.92. The molecule has 124 valence electrons. The normalized spacial score (nSPS) is 15.9. The van der Waals surface area contributed by atoms with Gasteiger partial charge in [0.1, 0.15) is 4.88 Å². The number of aryl methyl sites for hydroxylation is 1. The summed E-state index contributed by atoms with van der Waals surface area (Å²) in [7, 11) is 0. The van der Waals surface area contributed by atoms with Crippen molar-refractivity contribution in [3.63, 3.8) is 0 Å². The zero-order valence-electron chi connectivity index (χ0n) is 13.2. The van der Waals surface area contributed by atoms with Crippen LogP contribution in [0.4, 0.5) is 0 Å². The van der Waals surface area contributed by atoms with Gasteiger partial charge in [-0.3, -0.25) is 9.69 Å². The molecule has 0 bridgehead atoms. The van der Waals surface area contributed by atoms with Crippen LogP contribution in [0.5, 0.6) is 0 Å². The van der Waals surface area contributed by atoms with Crippen molar-refractivity contribution in [1.29, 1.82) is 0 Å². The molecule has 0 aliphatic carbocycles. The van der Waals surface area contributed by atoms with Crippen molar-refractivity contribution in [2.24, 2.45) is 0 Å². The molecule has 1 amide bonds. The van der Waals surface area contributed by atoms with Gasteiger partial charge in [-0.05, 0) is 18.1 Å². The third kappa shape index (κ3) is 3.86. The van der Waals surface area contributed by atoms with E-state index >= 15 is 0 Å². The molecule has 0 unspecified atom stereocenters. The maximum atomic E-state index is 12.4. The number of benzene rings is 1. The van der Waals surface area contributed by atoms with Crippen molar-refractivity contribution in [2.45, 2.75) is 13.3 Å². The smallest absolute Gasteiger partial charge is 0.262 e. The van der Waals surface area contributed by atoms with E-state index in [1.165, 1.54) is 16.9 Å².